The van der Waals surface area contributed by atoms with Crippen molar-refractivity contribution in [1.29, 1.82) is 0 Å². The van der Waals surface area contributed by atoms with E-state index in [0.29, 0.717) is 12.1 Å². The number of amides is 1. The molecule has 27 heavy (non-hydrogen) atoms. The minimum absolute atomic E-state index is 0.0355. The van der Waals surface area contributed by atoms with E-state index in [-0.39, 0.29) is 17.5 Å². The minimum Gasteiger partial charge on any atom is -0.503 e. The van der Waals surface area contributed by atoms with Crippen LogP contribution in [0.25, 0.3) is 0 Å². The second-order valence-corrected chi connectivity index (χ2v) is 8.67. The molecule has 0 aromatic heterocycles. The zero-order valence-corrected chi connectivity index (χ0v) is 17.0. The van der Waals surface area contributed by atoms with Crippen LogP contribution in [0.15, 0.2) is 40.1 Å². The van der Waals surface area contributed by atoms with Crippen molar-refractivity contribution in [3.8, 4) is 0 Å². The second-order valence-electron chi connectivity index (χ2n) is 7.76. The first-order valence-corrected chi connectivity index (χ1v) is 10.6. The van der Waals surface area contributed by atoms with E-state index in [0.717, 1.165) is 42.5 Å². The lowest BCUT2D eigenvalue weighted by molar-refractivity contribution is -0.129. The highest BCUT2D eigenvalue weighted by Crippen LogP contribution is 2.43. The number of hydrogen-bond donors (Lipinski definition) is 1. The molecule has 1 saturated heterocycles. The maximum Gasteiger partial charge on any atom is 0.290 e. The average molecular weight is 433 g/mol. The molecule has 0 spiro atoms. The number of Topliss-reactive ketones (excluding diaryl/α,β-unsaturated/α-hetero) is 1. The van der Waals surface area contributed by atoms with Crippen molar-refractivity contribution in [1.82, 2.24) is 9.80 Å². The molecule has 2 aliphatic heterocycles. The fourth-order valence-electron chi connectivity index (χ4n) is 4.16. The Hall–Kier alpha value is -1.66. The van der Waals surface area contributed by atoms with Crippen LogP contribution in [-0.2, 0) is 9.59 Å². The molecule has 1 amide bonds. The number of likely N-dealkylation sites (tertiary alicyclic amines) is 1. The van der Waals surface area contributed by atoms with Crippen molar-refractivity contribution in [2.75, 3.05) is 26.2 Å². The number of nitrogens with zero attached hydrogens (tertiary/aromatic N) is 2. The molecule has 0 bridgehead atoms. The van der Waals surface area contributed by atoms with Crippen LogP contribution in [0.3, 0.4) is 0 Å². The van der Waals surface area contributed by atoms with Crippen LogP contribution in [0.2, 0.25) is 0 Å². The van der Waals surface area contributed by atoms with Gasteiger partial charge in [-0.2, -0.15) is 0 Å². The van der Waals surface area contributed by atoms with Crippen molar-refractivity contribution in [3.05, 3.63) is 45.6 Å². The molecule has 1 saturated carbocycles. The smallest absolute Gasteiger partial charge is 0.290 e. The number of carbonyl (C=O) groups excluding carboxylic acids is 2. The Kier molecular flexibility index (Phi) is 5.37. The van der Waals surface area contributed by atoms with Crippen molar-refractivity contribution >= 4 is 27.6 Å². The van der Waals surface area contributed by atoms with Crippen LogP contribution in [0.4, 0.5) is 0 Å². The number of halogens is 1. The molecule has 1 aromatic carbocycles. The molecule has 1 atom stereocenters. The van der Waals surface area contributed by atoms with E-state index in [1.165, 1.54) is 19.3 Å². The maximum atomic E-state index is 12.9. The third-order valence-corrected chi connectivity index (χ3v) is 6.28. The van der Waals surface area contributed by atoms with Crippen molar-refractivity contribution in [2.45, 2.75) is 38.1 Å². The predicted octanol–water partition coefficient (Wildman–Crippen LogP) is 3.61. The third-order valence-electron chi connectivity index (χ3n) is 5.79. The number of rotatable bonds is 6. The first kappa shape index (κ1) is 18.7. The molecule has 1 aromatic rings. The van der Waals surface area contributed by atoms with Crippen molar-refractivity contribution < 1.29 is 14.7 Å². The van der Waals surface area contributed by atoms with E-state index in [4.69, 9.17) is 0 Å². The second kappa shape index (κ2) is 7.76. The molecule has 0 radical (unpaired) electrons. The molecule has 1 aliphatic carbocycles. The molecule has 4 rings (SSSR count). The van der Waals surface area contributed by atoms with Gasteiger partial charge in [-0.3, -0.25) is 9.59 Å². The molecular weight excluding hydrogens is 408 g/mol. The highest BCUT2D eigenvalue weighted by Gasteiger charge is 2.46. The average Bonchev–Trinajstić information content (AvgIpc) is 3.49. The minimum atomic E-state index is -0.493. The van der Waals surface area contributed by atoms with Crippen LogP contribution < -0.4 is 0 Å². The molecule has 144 valence electrons. The topological polar surface area (TPSA) is 60.9 Å². The van der Waals surface area contributed by atoms with E-state index in [9.17, 15) is 14.7 Å². The maximum absolute atomic E-state index is 12.9. The Morgan fingerprint density at radius 3 is 2.56 bits per heavy atom. The van der Waals surface area contributed by atoms with Gasteiger partial charge >= 0.3 is 0 Å². The summed E-state index contributed by atoms with van der Waals surface area (Å²) in [5.41, 5.74) is 1.16. The summed E-state index contributed by atoms with van der Waals surface area (Å²) >= 11 is 3.48. The standard InChI is InChI=1S/C21H25BrN2O3/c22-16-6-4-5-15(13-16)18-17(19(25)14-7-8-14)20(26)21(27)24(18)12-11-23-9-2-1-3-10-23/h4-6,13-14,18,26H,1-3,7-12H2. The number of benzene rings is 1. The van der Waals surface area contributed by atoms with Gasteiger partial charge in [0.25, 0.3) is 5.91 Å². The van der Waals surface area contributed by atoms with Crippen LogP contribution in [-0.4, -0.2) is 52.8 Å². The van der Waals surface area contributed by atoms with Gasteiger partial charge in [-0.25, -0.2) is 0 Å². The highest BCUT2D eigenvalue weighted by molar-refractivity contribution is 9.10. The van der Waals surface area contributed by atoms with Gasteiger partial charge in [0.1, 0.15) is 0 Å². The number of aliphatic hydroxyl groups is 1. The zero-order chi connectivity index (χ0) is 19.0. The van der Waals surface area contributed by atoms with E-state index >= 15 is 0 Å². The Morgan fingerprint density at radius 1 is 1.15 bits per heavy atom. The number of carbonyl (C=O) groups is 2. The summed E-state index contributed by atoms with van der Waals surface area (Å²) in [6.07, 6.45) is 5.35. The largest absolute Gasteiger partial charge is 0.503 e. The summed E-state index contributed by atoms with van der Waals surface area (Å²) in [6.45, 7) is 3.39. The van der Waals surface area contributed by atoms with Gasteiger partial charge < -0.3 is 14.9 Å². The fourth-order valence-corrected chi connectivity index (χ4v) is 4.57. The third kappa shape index (κ3) is 3.83. The predicted molar refractivity (Wildman–Crippen MR) is 106 cm³/mol. The van der Waals surface area contributed by atoms with E-state index in [1.807, 2.05) is 24.3 Å². The van der Waals surface area contributed by atoms with E-state index in [2.05, 4.69) is 20.8 Å². The molecule has 1 N–H and O–H groups in total. The fraction of sp³-hybridized carbons (Fsp3) is 0.524. The summed E-state index contributed by atoms with van der Waals surface area (Å²) in [6, 6.07) is 7.19. The Bertz CT molecular complexity index is 781. The summed E-state index contributed by atoms with van der Waals surface area (Å²) in [7, 11) is 0. The molecule has 6 heteroatoms. The van der Waals surface area contributed by atoms with Gasteiger partial charge in [-0.15, -0.1) is 0 Å². The van der Waals surface area contributed by atoms with Gasteiger partial charge in [-0.1, -0.05) is 34.5 Å². The van der Waals surface area contributed by atoms with Gasteiger partial charge in [0.05, 0.1) is 11.6 Å². The Morgan fingerprint density at radius 2 is 1.89 bits per heavy atom. The molecule has 1 unspecified atom stereocenters. The summed E-state index contributed by atoms with van der Waals surface area (Å²) in [5.74, 6) is -0.866. The molecule has 3 aliphatic rings. The van der Waals surface area contributed by atoms with Crippen LogP contribution in [0.1, 0.15) is 43.7 Å². The van der Waals surface area contributed by atoms with Crippen LogP contribution >= 0.6 is 15.9 Å². The lowest BCUT2D eigenvalue weighted by Crippen LogP contribution is -2.40. The van der Waals surface area contributed by atoms with Crippen LogP contribution in [0, 0.1) is 5.92 Å². The normalized spacial score (nSPS) is 24.0. The number of aliphatic hydroxyl groups excluding tert-OH is 1. The molecular formula is C21H25BrN2O3. The van der Waals surface area contributed by atoms with Gasteiger partial charge in [-0.05, 0) is 56.5 Å². The number of ketones is 1. The first-order valence-electron chi connectivity index (χ1n) is 9.82. The van der Waals surface area contributed by atoms with Crippen molar-refractivity contribution in [2.24, 2.45) is 5.92 Å². The lowest BCUT2D eigenvalue weighted by atomic mass is 9.94. The Balaban J connectivity index is 1.62. The van der Waals surface area contributed by atoms with Crippen molar-refractivity contribution in [3.63, 3.8) is 0 Å². The monoisotopic (exact) mass is 432 g/mol. The SMILES string of the molecule is O=C(C1=C(O)C(=O)N(CCN2CCCCC2)C1c1cccc(Br)c1)C1CC1. The van der Waals surface area contributed by atoms with Crippen LogP contribution in [0.5, 0.6) is 0 Å². The molecule has 5 nitrogen and oxygen atoms in total. The summed E-state index contributed by atoms with van der Waals surface area (Å²) in [4.78, 5) is 29.8. The van der Waals surface area contributed by atoms with Gasteiger partial charge in [0, 0.05) is 23.5 Å². The van der Waals surface area contributed by atoms with Gasteiger partial charge in [0.15, 0.2) is 11.5 Å². The Labute approximate surface area is 168 Å². The zero-order valence-electron chi connectivity index (χ0n) is 15.4. The highest BCUT2D eigenvalue weighted by atomic mass is 79.9. The number of piperidine rings is 1. The van der Waals surface area contributed by atoms with E-state index < -0.39 is 11.9 Å². The summed E-state index contributed by atoms with van der Waals surface area (Å²) in [5, 5.41) is 10.6. The molecule has 2 heterocycles. The summed E-state index contributed by atoms with van der Waals surface area (Å²) < 4.78 is 0.896. The number of hydrogen-bond acceptors (Lipinski definition) is 4. The quantitative estimate of drug-likeness (QED) is 0.745. The first-order chi connectivity index (χ1) is 13.1. The lowest BCUT2D eigenvalue weighted by Gasteiger charge is -2.31. The molecule has 2 fully saturated rings. The van der Waals surface area contributed by atoms with E-state index in [1.54, 1.807) is 4.90 Å². The van der Waals surface area contributed by atoms with Gasteiger partial charge in [0.2, 0.25) is 0 Å².